The normalized spacial score (nSPS) is 15.6. The van der Waals surface area contributed by atoms with E-state index in [2.05, 4.69) is 5.32 Å². The van der Waals surface area contributed by atoms with Crippen molar-refractivity contribution in [2.75, 3.05) is 26.7 Å². The zero-order chi connectivity index (χ0) is 16.2. The molecule has 2 amide bonds. The lowest BCUT2D eigenvalue weighted by Crippen LogP contribution is -2.41. The number of carbonyl (C=O) groups is 2. The van der Waals surface area contributed by atoms with Gasteiger partial charge >= 0.3 is 6.09 Å². The summed E-state index contributed by atoms with van der Waals surface area (Å²) in [5.41, 5.74) is 0. The Bertz CT molecular complexity index is 672. The van der Waals surface area contributed by atoms with Crippen molar-refractivity contribution in [3.05, 3.63) is 35.2 Å². The van der Waals surface area contributed by atoms with Crippen molar-refractivity contribution in [1.82, 2.24) is 10.2 Å². The van der Waals surface area contributed by atoms with E-state index in [1.165, 1.54) is 18.4 Å². The standard InChI is InChI=1S/C17H20N2O3S/c1-22-17(21)19-8-6-12(7-9-19)11-18-16(20)15-10-13-4-2-3-5-14(13)23-15/h2-5,10,12H,6-9,11H2,1H3,(H,18,20). The summed E-state index contributed by atoms with van der Waals surface area (Å²) in [6.45, 7) is 2.04. The first-order chi connectivity index (χ1) is 11.2. The highest BCUT2D eigenvalue weighted by molar-refractivity contribution is 7.20. The maximum atomic E-state index is 12.3. The monoisotopic (exact) mass is 332 g/mol. The van der Waals surface area contributed by atoms with Crippen molar-refractivity contribution in [2.24, 2.45) is 5.92 Å². The number of benzene rings is 1. The Morgan fingerprint density at radius 1 is 1.30 bits per heavy atom. The molecule has 122 valence electrons. The summed E-state index contributed by atoms with van der Waals surface area (Å²) >= 11 is 1.52. The Hall–Kier alpha value is -2.08. The summed E-state index contributed by atoms with van der Waals surface area (Å²) in [5.74, 6) is 0.399. The van der Waals surface area contributed by atoms with Crippen molar-refractivity contribution in [3.63, 3.8) is 0 Å². The lowest BCUT2D eigenvalue weighted by Gasteiger charge is -2.30. The fourth-order valence-electron chi connectivity index (χ4n) is 2.87. The van der Waals surface area contributed by atoms with Gasteiger partial charge in [0.25, 0.3) is 5.91 Å². The molecule has 0 saturated carbocycles. The van der Waals surface area contributed by atoms with E-state index in [1.54, 1.807) is 4.90 Å². The molecule has 2 aromatic rings. The number of piperidine rings is 1. The molecule has 1 aromatic heterocycles. The number of amides is 2. The fourth-order valence-corrected chi connectivity index (χ4v) is 3.85. The van der Waals surface area contributed by atoms with Gasteiger partial charge in [-0.2, -0.15) is 0 Å². The molecular weight excluding hydrogens is 312 g/mol. The van der Waals surface area contributed by atoms with E-state index < -0.39 is 0 Å². The number of methoxy groups -OCH3 is 1. The third-order valence-corrected chi connectivity index (χ3v) is 5.36. The minimum atomic E-state index is -0.266. The zero-order valence-corrected chi connectivity index (χ0v) is 13.9. The van der Waals surface area contributed by atoms with Crippen LogP contribution in [-0.4, -0.2) is 43.6 Å². The molecule has 0 spiro atoms. The van der Waals surface area contributed by atoms with Crippen LogP contribution in [0.3, 0.4) is 0 Å². The Balaban J connectivity index is 1.51. The Morgan fingerprint density at radius 2 is 2.04 bits per heavy atom. The van der Waals surface area contributed by atoms with E-state index in [0.717, 1.165) is 27.8 Å². The van der Waals surface area contributed by atoms with Gasteiger partial charge in [-0.3, -0.25) is 4.79 Å². The molecule has 0 aliphatic carbocycles. The Labute approximate surface area is 139 Å². The molecule has 0 radical (unpaired) electrons. The average molecular weight is 332 g/mol. The summed E-state index contributed by atoms with van der Waals surface area (Å²) in [6, 6.07) is 9.95. The average Bonchev–Trinajstić information content (AvgIpc) is 3.03. The summed E-state index contributed by atoms with van der Waals surface area (Å²) in [7, 11) is 1.40. The number of rotatable bonds is 3. The molecule has 1 fully saturated rings. The molecule has 5 nitrogen and oxygen atoms in total. The molecule has 23 heavy (non-hydrogen) atoms. The molecular formula is C17H20N2O3S. The maximum Gasteiger partial charge on any atom is 0.409 e. The summed E-state index contributed by atoms with van der Waals surface area (Å²) in [4.78, 5) is 26.2. The van der Waals surface area contributed by atoms with E-state index in [4.69, 9.17) is 4.74 Å². The molecule has 1 aliphatic heterocycles. The number of nitrogens with zero attached hydrogens (tertiary/aromatic N) is 1. The first-order valence-corrected chi connectivity index (χ1v) is 8.58. The highest BCUT2D eigenvalue weighted by Crippen LogP contribution is 2.25. The van der Waals surface area contributed by atoms with Crippen molar-refractivity contribution in [1.29, 1.82) is 0 Å². The molecule has 0 unspecified atom stereocenters. The van der Waals surface area contributed by atoms with E-state index in [9.17, 15) is 9.59 Å². The molecule has 1 N–H and O–H groups in total. The van der Waals surface area contributed by atoms with E-state index >= 15 is 0 Å². The smallest absolute Gasteiger partial charge is 0.409 e. The van der Waals surface area contributed by atoms with Crippen LogP contribution in [0.1, 0.15) is 22.5 Å². The minimum Gasteiger partial charge on any atom is -0.453 e. The van der Waals surface area contributed by atoms with Crippen molar-refractivity contribution < 1.29 is 14.3 Å². The van der Waals surface area contributed by atoms with Gasteiger partial charge in [-0.05, 0) is 36.3 Å². The van der Waals surface area contributed by atoms with Gasteiger partial charge in [0.15, 0.2) is 0 Å². The third-order valence-electron chi connectivity index (χ3n) is 4.25. The van der Waals surface area contributed by atoms with E-state index in [0.29, 0.717) is 25.6 Å². The number of hydrogen-bond acceptors (Lipinski definition) is 4. The lowest BCUT2D eigenvalue weighted by atomic mass is 9.97. The van der Waals surface area contributed by atoms with Crippen LogP contribution in [0.15, 0.2) is 30.3 Å². The first-order valence-electron chi connectivity index (χ1n) is 7.77. The van der Waals surface area contributed by atoms with Crippen LogP contribution in [0, 0.1) is 5.92 Å². The molecule has 0 bridgehead atoms. The van der Waals surface area contributed by atoms with Crippen LogP contribution < -0.4 is 5.32 Å². The molecule has 1 aromatic carbocycles. The highest BCUT2D eigenvalue weighted by atomic mass is 32.1. The summed E-state index contributed by atoms with van der Waals surface area (Å²) in [5, 5.41) is 4.13. The predicted molar refractivity (Wildman–Crippen MR) is 90.9 cm³/mol. The Kier molecular flexibility index (Phi) is 4.81. The van der Waals surface area contributed by atoms with Crippen LogP contribution in [0.2, 0.25) is 0 Å². The van der Waals surface area contributed by atoms with Gasteiger partial charge in [0.05, 0.1) is 12.0 Å². The second kappa shape index (κ2) is 7.00. The quantitative estimate of drug-likeness (QED) is 0.939. The largest absolute Gasteiger partial charge is 0.453 e. The molecule has 6 heteroatoms. The third kappa shape index (κ3) is 3.64. The molecule has 3 rings (SSSR count). The first kappa shape index (κ1) is 15.8. The number of likely N-dealkylation sites (tertiary alicyclic amines) is 1. The zero-order valence-electron chi connectivity index (χ0n) is 13.1. The number of ether oxygens (including phenoxy) is 1. The van der Waals surface area contributed by atoms with Gasteiger partial charge in [-0.1, -0.05) is 18.2 Å². The molecule has 1 saturated heterocycles. The molecule has 1 aliphatic rings. The van der Waals surface area contributed by atoms with Gasteiger partial charge in [-0.25, -0.2) is 4.79 Å². The van der Waals surface area contributed by atoms with E-state index in [-0.39, 0.29) is 12.0 Å². The van der Waals surface area contributed by atoms with Crippen LogP contribution in [0.25, 0.3) is 10.1 Å². The molecule has 2 heterocycles. The van der Waals surface area contributed by atoms with Crippen LogP contribution in [0.4, 0.5) is 4.79 Å². The SMILES string of the molecule is COC(=O)N1CCC(CNC(=O)c2cc3ccccc3s2)CC1. The van der Waals surface area contributed by atoms with Gasteiger partial charge in [0.2, 0.25) is 0 Å². The maximum absolute atomic E-state index is 12.3. The highest BCUT2D eigenvalue weighted by Gasteiger charge is 2.23. The predicted octanol–water partition coefficient (Wildman–Crippen LogP) is 3.11. The number of carbonyl (C=O) groups excluding carboxylic acids is 2. The number of fused-ring (bicyclic) bond motifs is 1. The number of hydrogen-bond donors (Lipinski definition) is 1. The topological polar surface area (TPSA) is 58.6 Å². The van der Waals surface area contributed by atoms with Gasteiger partial charge in [0.1, 0.15) is 0 Å². The minimum absolute atomic E-state index is 0.0124. The van der Waals surface area contributed by atoms with Crippen LogP contribution in [0.5, 0.6) is 0 Å². The second-order valence-corrected chi connectivity index (χ2v) is 6.84. The Morgan fingerprint density at radius 3 is 2.74 bits per heavy atom. The van der Waals surface area contributed by atoms with Crippen molar-refractivity contribution in [2.45, 2.75) is 12.8 Å². The second-order valence-electron chi connectivity index (χ2n) is 5.76. The summed E-state index contributed by atoms with van der Waals surface area (Å²) < 4.78 is 5.86. The lowest BCUT2D eigenvalue weighted by molar-refractivity contribution is 0.0917. The van der Waals surface area contributed by atoms with Crippen LogP contribution >= 0.6 is 11.3 Å². The molecule has 0 atom stereocenters. The number of nitrogens with one attached hydrogen (secondary N) is 1. The van der Waals surface area contributed by atoms with Gasteiger partial charge < -0.3 is 15.0 Å². The van der Waals surface area contributed by atoms with Crippen molar-refractivity contribution in [3.8, 4) is 0 Å². The number of thiophene rings is 1. The summed E-state index contributed by atoms with van der Waals surface area (Å²) in [6.07, 6.45) is 1.52. The van der Waals surface area contributed by atoms with Crippen molar-refractivity contribution >= 4 is 33.4 Å². The van der Waals surface area contributed by atoms with Gasteiger partial charge in [-0.15, -0.1) is 11.3 Å². The van der Waals surface area contributed by atoms with Gasteiger partial charge in [0, 0.05) is 24.3 Å². The van der Waals surface area contributed by atoms with E-state index in [1.807, 2.05) is 30.3 Å². The van der Waals surface area contributed by atoms with Crippen LogP contribution in [-0.2, 0) is 4.74 Å². The fraction of sp³-hybridized carbons (Fsp3) is 0.412.